The Hall–Kier alpha value is -3.33. The van der Waals surface area contributed by atoms with Gasteiger partial charge in [-0.1, -0.05) is 46.1 Å². The van der Waals surface area contributed by atoms with Crippen LogP contribution in [0.1, 0.15) is 83.4 Å². The molecule has 2 N–H and O–H groups in total. The third-order valence-corrected chi connectivity index (χ3v) is 6.56. The van der Waals surface area contributed by atoms with Crippen molar-refractivity contribution >= 4 is 30.4 Å². The van der Waals surface area contributed by atoms with Crippen LogP contribution in [-0.2, 0) is 20.5 Å². The van der Waals surface area contributed by atoms with Gasteiger partial charge in [0.15, 0.2) is 11.5 Å². The number of unbranched alkanes of at least 4 members (excludes halogenated alkanes) is 3. The maximum Gasteiger partial charge on any atom is 0.420 e. The molecule has 2 aromatic carbocycles. The number of benzene rings is 2. The van der Waals surface area contributed by atoms with Gasteiger partial charge in [0, 0.05) is 19.1 Å². The molecule has 0 amide bonds. The zero-order chi connectivity index (χ0) is 34.7. The number of thioether (sulfide) groups is 1. The first kappa shape index (κ1) is 43.8. The molecule has 252 valence electrons. The van der Waals surface area contributed by atoms with Crippen molar-refractivity contribution in [3.05, 3.63) is 58.0 Å². The van der Waals surface area contributed by atoms with Crippen molar-refractivity contribution in [3.8, 4) is 23.3 Å². The number of hydrogen-bond acceptors (Lipinski definition) is 8. The highest BCUT2D eigenvalue weighted by molar-refractivity contribution is 8.02. The van der Waals surface area contributed by atoms with Gasteiger partial charge < -0.3 is 29.5 Å². The van der Waals surface area contributed by atoms with Gasteiger partial charge in [0.05, 0.1) is 30.9 Å². The lowest BCUT2D eigenvalue weighted by atomic mass is 10.1. The smallest absolute Gasteiger partial charge is 0.420 e. The number of nitriles is 1. The molecule has 0 fully saturated rings. The minimum atomic E-state index is -4.65. The first-order valence-corrected chi connectivity index (χ1v) is 16.0. The van der Waals surface area contributed by atoms with Crippen molar-refractivity contribution in [1.82, 2.24) is 0 Å². The maximum atomic E-state index is 13.3. The molecular weight excluding hydrogens is 605 g/mol. The van der Waals surface area contributed by atoms with E-state index in [0.29, 0.717) is 18.9 Å². The molecular formula is C34H49F3N2O5S. The van der Waals surface area contributed by atoms with Crippen molar-refractivity contribution in [2.75, 3.05) is 33.1 Å². The molecule has 0 aliphatic heterocycles. The second-order valence-electron chi connectivity index (χ2n) is 9.51. The molecule has 2 rings (SSSR count). The second-order valence-corrected chi connectivity index (χ2v) is 10.6. The Morgan fingerprint density at radius 1 is 1.04 bits per heavy atom. The molecule has 0 aromatic heterocycles. The van der Waals surface area contributed by atoms with Gasteiger partial charge in [-0.2, -0.15) is 18.4 Å². The number of methoxy groups -OCH3 is 1. The quantitative estimate of drug-likeness (QED) is 0.159. The number of rotatable bonds is 14. The molecule has 0 aliphatic rings. The number of allylic oxidation sites excluding steroid dienone is 1. The van der Waals surface area contributed by atoms with Crippen LogP contribution >= 0.6 is 11.8 Å². The SMILES string of the molecule is CC=O.CCC(C)C=O.CCCCCCOCCN.COc1cc(/C=C(/C)SC)ccc1Oc1ccc(C#N)cc1C(F)(F)F. The number of halogens is 3. The molecule has 0 heterocycles. The second kappa shape index (κ2) is 27.0. The average molecular weight is 655 g/mol. The van der Waals surface area contributed by atoms with Crippen LogP contribution in [0.5, 0.6) is 17.2 Å². The van der Waals surface area contributed by atoms with E-state index in [1.54, 1.807) is 36.0 Å². The van der Waals surface area contributed by atoms with E-state index < -0.39 is 17.5 Å². The van der Waals surface area contributed by atoms with Crippen molar-refractivity contribution in [2.45, 2.75) is 72.9 Å². The van der Waals surface area contributed by atoms with Gasteiger partial charge in [0.2, 0.25) is 0 Å². The monoisotopic (exact) mass is 654 g/mol. The normalized spacial score (nSPS) is 11.2. The van der Waals surface area contributed by atoms with E-state index in [1.807, 2.05) is 33.1 Å². The first-order chi connectivity index (χ1) is 21.4. The van der Waals surface area contributed by atoms with Crippen LogP contribution in [0.15, 0.2) is 41.3 Å². The third-order valence-electron chi connectivity index (χ3n) is 5.79. The summed E-state index contributed by atoms with van der Waals surface area (Å²) in [4.78, 5) is 19.6. The van der Waals surface area contributed by atoms with Crippen molar-refractivity contribution < 1.29 is 37.0 Å². The van der Waals surface area contributed by atoms with Crippen LogP contribution in [0.2, 0.25) is 0 Å². The molecule has 0 aliphatic carbocycles. The predicted octanol–water partition coefficient (Wildman–Crippen LogP) is 9.08. The van der Waals surface area contributed by atoms with Gasteiger partial charge in [-0.25, -0.2) is 0 Å². The molecule has 0 bridgehead atoms. The highest BCUT2D eigenvalue weighted by Crippen LogP contribution is 2.41. The van der Waals surface area contributed by atoms with E-state index in [0.717, 1.165) is 48.2 Å². The summed E-state index contributed by atoms with van der Waals surface area (Å²) in [6.07, 6.45) is 7.01. The zero-order valence-electron chi connectivity index (χ0n) is 27.5. The van der Waals surface area contributed by atoms with Crippen LogP contribution in [0.4, 0.5) is 13.2 Å². The van der Waals surface area contributed by atoms with Gasteiger partial charge in [-0.15, -0.1) is 11.8 Å². The van der Waals surface area contributed by atoms with Crippen molar-refractivity contribution in [2.24, 2.45) is 11.7 Å². The molecule has 0 spiro atoms. The van der Waals surface area contributed by atoms with Gasteiger partial charge in [-0.05, 0) is 79.8 Å². The summed E-state index contributed by atoms with van der Waals surface area (Å²) >= 11 is 1.59. The fourth-order valence-corrected chi connectivity index (χ4v) is 3.35. The van der Waals surface area contributed by atoms with Gasteiger partial charge in [-0.3, -0.25) is 0 Å². The highest BCUT2D eigenvalue weighted by Gasteiger charge is 2.35. The summed E-state index contributed by atoms with van der Waals surface area (Å²) in [7, 11) is 1.42. The average Bonchev–Trinajstić information content (AvgIpc) is 3.03. The maximum absolute atomic E-state index is 13.3. The molecule has 2 aromatic rings. The van der Waals surface area contributed by atoms with E-state index in [1.165, 1.54) is 45.8 Å². The number of carbonyl (C=O) groups excluding carboxylic acids is 2. The summed E-state index contributed by atoms with van der Waals surface area (Å²) in [6.45, 7) is 11.8. The van der Waals surface area contributed by atoms with Crippen LogP contribution in [0.3, 0.4) is 0 Å². The largest absolute Gasteiger partial charge is 0.493 e. The molecule has 11 heteroatoms. The Kier molecular flexibility index (Phi) is 26.3. The van der Waals surface area contributed by atoms with E-state index >= 15 is 0 Å². The fourth-order valence-electron chi connectivity index (χ4n) is 3.09. The Balaban J connectivity index is 0. The van der Waals surface area contributed by atoms with E-state index in [-0.39, 0.29) is 17.2 Å². The molecule has 0 saturated carbocycles. The lowest BCUT2D eigenvalue weighted by molar-refractivity contribution is -0.138. The lowest BCUT2D eigenvalue weighted by Crippen LogP contribution is -2.08. The van der Waals surface area contributed by atoms with Crippen LogP contribution in [0, 0.1) is 17.2 Å². The molecule has 7 nitrogen and oxygen atoms in total. The van der Waals surface area contributed by atoms with E-state index in [9.17, 15) is 18.0 Å². The minimum Gasteiger partial charge on any atom is -0.493 e. The summed E-state index contributed by atoms with van der Waals surface area (Å²) in [5, 5.41) is 8.83. The van der Waals surface area contributed by atoms with E-state index in [2.05, 4.69) is 6.92 Å². The fraction of sp³-hybridized carbons (Fsp3) is 0.500. The highest BCUT2D eigenvalue weighted by atomic mass is 32.2. The Morgan fingerprint density at radius 2 is 1.69 bits per heavy atom. The van der Waals surface area contributed by atoms with Crippen LogP contribution < -0.4 is 15.2 Å². The molecule has 1 atom stereocenters. The van der Waals surface area contributed by atoms with E-state index in [4.69, 9.17) is 30.0 Å². The molecule has 0 saturated heterocycles. The Morgan fingerprint density at radius 3 is 2.16 bits per heavy atom. The van der Waals surface area contributed by atoms with Crippen molar-refractivity contribution in [1.29, 1.82) is 5.26 Å². The Bertz CT molecular complexity index is 1160. The summed E-state index contributed by atoms with van der Waals surface area (Å²) in [5.41, 5.74) is 4.98. The number of carbonyl (C=O) groups is 2. The third kappa shape index (κ3) is 21.1. The Labute approximate surface area is 271 Å². The molecule has 0 radical (unpaired) electrons. The summed E-state index contributed by atoms with van der Waals surface area (Å²) in [5.74, 6) is 0.329. The number of aldehydes is 2. The van der Waals surface area contributed by atoms with Gasteiger partial charge >= 0.3 is 6.18 Å². The topological polar surface area (TPSA) is 112 Å². The standard InChI is InChI=1S/C19H16F3NO2S.C8H19NO.C5H10O.C2H4O/c1-12(26-3)8-13-4-7-17(18(10-13)24-2)25-16-6-5-14(11-23)9-15(16)19(20,21)22;1-2-3-4-5-7-10-8-6-9;1-3-5(2)4-6;1-2-3/h4-10H,1-3H3;2-9H2,1H3;4-5H,3H2,1-2H3;2H,1H3/b12-8-;;;. The number of nitrogens with two attached hydrogens (primary N) is 1. The number of alkyl halides is 3. The number of ether oxygens (including phenoxy) is 3. The summed E-state index contributed by atoms with van der Waals surface area (Å²) < 4.78 is 55.7. The zero-order valence-corrected chi connectivity index (χ0v) is 28.4. The predicted molar refractivity (Wildman–Crippen MR) is 178 cm³/mol. The summed E-state index contributed by atoms with van der Waals surface area (Å²) in [6, 6.07) is 9.83. The van der Waals surface area contributed by atoms with Gasteiger partial charge in [0.1, 0.15) is 18.3 Å². The van der Waals surface area contributed by atoms with Crippen LogP contribution in [-0.4, -0.2) is 45.7 Å². The first-order valence-electron chi connectivity index (χ1n) is 14.7. The van der Waals surface area contributed by atoms with Crippen LogP contribution in [0.25, 0.3) is 6.08 Å². The minimum absolute atomic E-state index is 0.0929. The lowest BCUT2D eigenvalue weighted by Gasteiger charge is -2.16. The van der Waals surface area contributed by atoms with Crippen molar-refractivity contribution in [3.63, 3.8) is 0 Å². The van der Waals surface area contributed by atoms with Gasteiger partial charge in [0.25, 0.3) is 0 Å². The molecule has 45 heavy (non-hydrogen) atoms. The number of nitrogens with zero attached hydrogens (tertiary/aromatic N) is 1. The number of hydrogen-bond donors (Lipinski definition) is 1. The molecule has 1 unspecified atom stereocenters.